The highest BCUT2D eigenvalue weighted by molar-refractivity contribution is 5.57. The van der Waals surface area contributed by atoms with Crippen LogP contribution in [-0.4, -0.2) is 11.5 Å². The highest BCUT2D eigenvalue weighted by atomic mass is 19.4. The molecular weight excluding hydrogens is 261 g/mol. The molecule has 0 aromatic heterocycles. The summed E-state index contributed by atoms with van der Waals surface area (Å²) < 4.78 is 38.5. The molecular formula is C12H15F3N2O2. The zero-order chi connectivity index (χ0) is 14.6. The molecule has 4 nitrogen and oxygen atoms in total. The molecule has 106 valence electrons. The second-order valence-corrected chi connectivity index (χ2v) is 4.38. The van der Waals surface area contributed by atoms with Crippen molar-refractivity contribution in [3.63, 3.8) is 0 Å². The fourth-order valence-corrected chi connectivity index (χ4v) is 1.46. The van der Waals surface area contributed by atoms with E-state index in [0.29, 0.717) is 12.6 Å². The van der Waals surface area contributed by atoms with Crippen LogP contribution in [0, 0.1) is 16.0 Å². The second kappa shape index (κ2) is 5.90. The van der Waals surface area contributed by atoms with Crippen molar-refractivity contribution in [2.45, 2.75) is 26.4 Å². The summed E-state index contributed by atoms with van der Waals surface area (Å²) in [4.78, 5) is 9.68. The Balaban J connectivity index is 3.06. The van der Waals surface area contributed by atoms with Crippen LogP contribution in [0.2, 0.25) is 0 Å². The predicted molar refractivity (Wildman–Crippen MR) is 66.0 cm³/mol. The summed E-state index contributed by atoms with van der Waals surface area (Å²) in [5.41, 5.74) is -1.70. The molecule has 0 aliphatic carbocycles. The van der Waals surface area contributed by atoms with Crippen LogP contribution in [0.4, 0.5) is 24.5 Å². The fourth-order valence-electron chi connectivity index (χ4n) is 1.46. The van der Waals surface area contributed by atoms with Crippen LogP contribution < -0.4 is 5.32 Å². The molecule has 19 heavy (non-hydrogen) atoms. The Morgan fingerprint density at radius 1 is 1.42 bits per heavy atom. The number of nitro groups is 1. The number of hydrogen-bond acceptors (Lipinski definition) is 3. The third-order valence-electron chi connectivity index (χ3n) is 2.86. The minimum Gasteiger partial charge on any atom is -0.384 e. The predicted octanol–water partition coefficient (Wildman–Crippen LogP) is 4.07. The maximum Gasteiger partial charge on any atom is 0.418 e. The standard InChI is InChI=1S/C12H15F3N2O2/c1-3-8(2)7-16-11-5-4-9(17(18)19)6-10(11)12(13,14)15/h4-6,8,16H,3,7H2,1-2H3. The van der Waals surface area contributed by atoms with Crippen molar-refractivity contribution in [3.8, 4) is 0 Å². The molecule has 0 amide bonds. The van der Waals surface area contributed by atoms with E-state index in [9.17, 15) is 23.3 Å². The zero-order valence-corrected chi connectivity index (χ0v) is 10.6. The number of alkyl halides is 3. The molecule has 1 aromatic rings. The highest BCUT2D eigenvalue weighted by Gasteiger charge is 2.35. The first-order valence-corrected chi connectivity index (χ1v) is 5.85. The van der Waals surface area contributed by atoms with E-state index in [4.69, 9.17) is 0 Å². The number of benzene rings is 1. The van der Waals surface area contributed by atoms with Gasteiger partial charge in [0.1, 0.15) is 0 Å². The zero-order valence-electron chi connectivity index (χ0n) is 10.6. The van der Waals surface area contributed by atoms with Crippen LogP contribution in [-0.2, 0) is 6.18 Å². The van der Waals surface area contributed by atoms with Gasteiger partial charge in [0.25, 0.3) is 5.69 Å². The lowest BCUT2D eigenvalue weighted by Crippen LogP contribution is -2.15. The second-order valence-electron chi connectivity index (χ2n) is 4.38. The van der Waals surface area contributed by atoms with Gasteiger partial charge < -0.3 is 5.32 Å². The molecule has 1 aromatic carbocycles. The molecule has 0 aliphatic heterocycles. The average Bonchev–Trinajstić information content (AvgIpc) is 2.34. The van der Waals surface area contributed by atoms with E-state index < -0.39 is 22.4 Å². The third-order valence-corrected chi connectivity index (χ3v) is 2.86. The van der Waals surface area contributed by atoms with Gasteiger partial charge in [-0.05, 0) is 12.0 Å². The van der Waals surface area contributed by atoms with E-state index >= 15 is 0 Å². The van der Waals surface area contributed by atoms with Gasteiger partial charge in [-0.3, -0.25) is 10.1 Å². The van der Waals surface area contributed by atoms with Crippen LogP contribution in [0.1, 0.15) is 25.8 Å². The van der Waals surface area contributed by atoms with Crippen molar-refractivity contribution in [1.29, 1.82) is 0 Å². The molecule has 1 unspecified atom stereocenters. The Hall–Kier alpha value is -1.79. The summed E-state index contributed by atoms with van der Waals surface area (Å²) in [6, 6.07) is 2.72. The number of non-ortho nitro benzene ring substituents is 1. The highest BCUT2D eigenvalue weighted by Crippen LogP contribution is 2.37. The topological polar surface area (TPSA) is 55.2 Å². The van der Waals surface area contributed by atoms with Gasteiger partial charge in [0.15, 0.2) is 0 Å². The lowest BCUT2D eigenvalue weighted by atomic mass is 10.1. The smallest absolute Gasteiger partial charge is 0.384 e. The number of halogens is 3. The molecule has 0 saturated heterocycles. The van der Waals surface area contributed by atoms with Crippen LogP contribution in [0.3, 0.4) is 0 Å². The lowest BCUT2D eigenvalue weighted by Gasteiger charge is -2.16. The van der Waals surface area contributed by atoms with Crippen LogP contribution in [0.25, 0.3) is 0 Å². The maximum atomic E-state index is 12.8. The van der Waals surface area contributed by atoms with E-state index in [-0.39, 0.29) is 11.6 Å². The number of anilines is 1. The number of nitro benzene ring substituents is 1. The molecule has 1 N–H and O–H groups in total. The van der Waals surface area contributed by atoms with E-state index in [0.717, 1.165) is 18.6 Å². The Kier molecular flexibility index (Phi) is 4.74. The van der Waals surface area contributed by atoms with Crippen molar-refractivity contribution >= 4 is 11.4 Å². The number of hydrogen-bond donors (Lipinski definition) is 1. The van der Waals surface area contributed by atoms with Gasteiger partial charge in [-0.2, -0.15) is 13.2 Å². The van der Waals surface area contributed by atoms with E-state index in [2.05, 4.69) is 5.32 Å². The van der Waals surface area contributed by atoms with Crippen LogP contribution >= 0.6 is 0 Å². The molecule has 0 fully saturated rings. The first-order valence-electron chi connectivity index (χ1n) is 5.85. The van der Waals surface area contributed by atoms with E-state index in [1.807, 2.05) is 13.8 Å². The number of rotatable bonds is 5. The molecule has 0 heterocycles. The quantitative estimate of drug-likeness (QED) is 0.651. The van der Waals surface area contributed by atoms with Crippen molar-refractivity contribution in [3.05, 3.63) is 33.9 Å². The van der Waals surface area contributed by atoms with Gasteiger partial charge in [0.2, 0.25) is 0 Å². The summed E-state index contributed by atoms with van der Waals surface area (Å²) in [5, 5.41) is 13.2. The van der Waals surface area contributed by atoms with Gasteiger partial charge >= 0.3 is 6.18 Å². The van der Waals surface area contributed by atoms with E-state index in [1.165, 1.54) is 0 Å². The van der Waals surface area contributed by atoms with E-state index in [1.54, 1.807) is 0 Å². The summed E-state index contributed by atoms with van der Waals surface area (Å²) >= 11 is 0. The van der Waals surface area contributed by atoms with Crippen LogP contribution in [0.15, 0.2) is 18.2 Å². The SMILES string of the molecule is CCC(C)CNc1ccc([N+](=O)[O-])cc1C(F)(F)F. The number of nitrogens with zero attached hydrogens (tertiary/aromatic N) is 1. The van der Waals surface area contributed by atoms with Gasteiger partial charge in [0.05, 0.1) is 10.5 Å². The largest absolute Gasteiger partial charge is 0.418 e. The Morgan fingerprint density at radius 3 is 2.53 bits per heavy atom. The molecule has 1 rings (SSSR count). The summed E-state index contributed by atoms with van der Waals surface area (Å²) in [6.45, 7) is 4.23. The summed E-state index contributed by atoms with van der Waals surface area (Å²) in [7, 11) is 0. The fraction of sp³-hybridized carbons (Fsp3) is 0.500. The van der Waals surface area contributed by atoms with Crippen molar-refractivity contribution in [1.82, 2.24) is 0 Å². The van der Waals surface area contributed by atoms with Crippen molar-refractivity contribution in [2.75, 3.05) is 11.9 Å². The van der Waals surface area contributed by atoms with Crippen LogP contribution in [0.5, 0.6) is 0 Å². The molecule has 0 saturated carbocycles. The molecule has 1 atom stereocenters. The van der Waals surface area contributed by atoms with Gasteiger partial charge in [-0.15, -0.1) is 0 Å². The molecule has 0 radical (unpaired) electrons. The molecule has 7 heteroatoms. The molecule has 0 spiro atoms. The van der Waals surface area contributed by atoms with Gasteiger partial charge in [0, 0.05) is 24.4 Å². The van der Waals surface area contributed by atoms with Gasteiger partial charge in [-0.1, -0.05) is 20.3 Å². The first-order chi connectivity index (χ1) is 8.75. The Bertz CT molecular complexity index is 461. The third kappa shape index (κ3) is 4.11. The monoisotopic (exact) mass is 276 g/mol. The molecule has 0 bridgehead atoms. The van der Waals surface area contributed by atoms with Crippen molar-refractivity contribution in [2.24, 2.45) is 5.92 Å². The van der Waals surface area contributed by atoms with Crippen molar-refractivity contribution < 1.29 is 18.1 Å². The minimum atomic E-state index is -4.62. The number of nitrogens with one attached hydrogen (secondary N) is 1. The summed E-state index contributed by atoms with van der Waals surface area (Å²) in [5.74, 6) is 0.219. The average molecular weight is 276 g/mol. The Labute approximate surface area is 108 Å². The molecule has 0 aliphatic rings. The summed E-state index contributed by atoms with van der Waals surface area (Å²) in [6.07, 6.45) is -3.79. The van der Waals surface area contributed by atoms with Gasteiger partial charge in [-0.25, -0.2) is 0 Å². The normalized spacial score (nSPS) is 13.1. The lowest BCUT2D eigenvalue weighted by molar-refractivity contribution is -0.385. The maximum absolute atomic E-state index is 12.8. The minimum absolute atomic E-state index is 0.126. The first kappa shape index (κ1) is 15.3. The Morgan fingerprint density at radius 2 is 2.05 bits per heavy atom.